The molecule has 56 valence electrons. The molecule has 2 N–H and O–H groups in total. The zero-order valence-corrected chi connectivity index (χ0v) is 6.53. The van der Waals surface area contributed by atoms with Gasteiger partial charge in [0, 0.05) is 6.04 Å². The van der Waals surface area contributed by atoms with Crippen LogP contribution < -0.4 is 5.73 Å². The van der Waals surface area contributed by atoms with Crippen LogP contribution in [0.5, 0.6) is 0 Å². The molecule has 2 nitrogen and oxygen atoms in total. The van der Waals surface area contributed by atoms with Crippen LogP contribution in [0.4, 0.5) is 0 Å². The van der Waals surface area contributed by atoms with Gasteiger partial charge in [0.2, 0.25) is 0 Å². The predicted octanol–water partition coefficient (Wildman–Crippen LogP) is 1.06. The summed E-state index contributed by atoms with van der Waals surface area (Å²) in [5, 5.41) is 8.68. The largest absolute Gasteiger partial charge is 0.327 e. The van der Waals surface area contributed by atoms with Crippen molar-refractivity contribution in [1.82, 2.24) is 0 Å². The quantitative estimate of drug-likeness (QED) is 0.573. The summed E-state index contributed by atoms with van der Waals surface area (Å²) in [6, 6.07) is 2.69. The Bertz CT molecular complexity index is 179. The zero-order valence-electron chi connectivity index (χ0n) is 5.71. The molecule has 3 saturated carbocycles. The first-order valence-electron chi connectivity index (χ1n) is 3.43. The monoisotopic (exact) mass is 158 g/mol. The van der Waals surface area contributed by atoms with Crippen LogP contribution in [-0.4, -0.2) is 6.04 Å². The van der Waals surface area contributed by atoms with Gasteiger partial charge in [-0.25, -0.2) is 0 Å². The lowest BCUT2D eigenvalue weighted by Gasteiger charge is -2.31. The number of hydrogen-bond acceptors (Lipinski definition) is 2. The molecule has 3 fully saturated rings. The number of nitriles is 1. The van der Waals surface area contributed by atoms with E-state index in [1.807, 2.05) is 0 Å². The first kappa shape index (κ1) is 7.84. The van der Waals surface area contributed by atoms with E-state index in [0.29, 0.717) is 12.0 Å². The van der Waals surface area contributed by atoms with Gasteiger partial charge < -0.3 is 5.73 Å². The third-order valence-corrected chi connectivity index (χ3v) is 2.77. The van der Waals surface area contributed by atoms with Crippen molar-refractivity contribution < 1.29 is 0 Å². The van der Waals surface area contributed by atoms with Crippen LogP contribution in [0, 0.1) is 22.7 Å². The van der Waals surface area contributed by atoms with Crippen LogP contribution in [0.2, 0.25) is 0 Å². The van der Waals surface area contributed by atoms with Gasteiger partial charge in [-0.3, -0.25) is 0 Å². The van der Waals surface area contributed by atoms with Crippen molar-refractivity contribution in [3.63, 3.8) is 0 Å². The molecule has 0 aromatic rings. The maximum atomic E-state index is 8.68. The van der Waals surface area contributed by atoms with Gasteiger partial charge in [0.15, 0.2) is 0 Å². The highest BCUT2D eigenvalue weighted by Crippen LogP contribution is 2.57. The second kappa shape index (κ2) is 2.11. The molecular formula is C7H11ClN2. The summed E-state index contributed by atoms with van der Waals surface area (Å²) in [5.74, 6) is 0.685. The Morgan fingerprint density at radius 3 is 2.20 bits per heavy atom. The Morgan fingerprint density at radius 2 is 2.00 bits per heavy atom. The highest BCUT2D eigenvalue weighted by molar-refractivity contribution is 5.85. The number of nitrogens with zero attached hydrogens (tertiary/aromatic N) is 1. The molecule has 0 saturated heterocycles. The molecule has 1 unspecified atom stereocenters. The highest BCUT2D eigenvalue weighted by atomic mass is 35.5. The van der Waals surface area contributed by atoms with E-state index < -0.39 is 0 Å². The van der Waals surface area contributed by atoms with Crippen molar-refractivity contribution in [3.05, 3.63) is 0 Å². The first-order chi connectivity index (χ1) is 4.26. The third-order valence-electron chi connectivity index (χ3n) is 2.77. The van der Waals surface area contributed by atoms with E-state index in [9.17, 15) is 0 Å². The zero-order chi connectivity index (χ0) is 6.48. The number of halogens is 1. The van der Waals surface area contributed by atoms with Crippen LogP contribution in [0.1, 0.15) is 19.3 Å². The molecule has 0 spiro atoms. The van der Waals surface area contributed by atoms with Gasteiger partial charge >= 0.3 is 0 Å². The highest BCUT2D eigenvalue weighted by Gasteiger charge is 2.55. The van der Waals surface area contributed by atoms with E-state index in [2.05, 4.69) is 6.07 Å². The van der Waals surface area contributed by atoms with E-state index >= 15 is 0 Å². The van der Waals surface area contributed by atoms with Crippen molar-refractivity contribution in [2.24, 2.45) is 17.1 Å². The van der Waals surface area contributed by atoms with E-state index in [-0.39, 0.29) is 17.8 Å². The number of fused-ring (bicyclic) bond motifs is 1. The molecule has 3 heteroatoms. The first-order valence-corrected chi connectivity index (χ1v) is 3.43. The summed E-state index contributed by atoms with van der Waals surface area (Å²) >= 11 is 0. The number of hydrogen-bond donors (Lipinski definition) is 1. The van der Waals surface area contributed by atoms with Gasteiger partial charge in [-0.1, -0.05) is 0 Å². The van der Waals surface area contributed by atoms with Crippen molar-refractivity contribution in [2.45, 2.75) is 25.3 Å². The Balaban J connectivity index is 0.000000500. The smallest absolute Gasteiger partial charge is 0.0690 e. The Morgan fingerprint density at radius 1 is 1.40 bits per heavy atom. The van der Waals surface area contributed by atoms with E-state index in [0.717, 1.165) is 19.3 Å². The SMILES string of the molecule is Cl.N#CC12CC(N)C(C1)C2. The molecule has 3 rings (SSSR count). The Kier molecular flexibility index (Phi) is 1.66. The molecule has 0 aromatic heterocycles. The van der Waals surface area contributed by atoms with Gasteiger partial charge in [-0.2, -0.15) is 5.26 Å². The van der Waals surface area contributed by atoms with Gasteiger partial charge in [-0.15, -0.1) is 12.4 Å². The van der Waals surface area contributed by atoms with Gasteiger partial charge in [0.05, 0.1) is 11.5 Å². The molecular weight excluding hydrogens is 148 g/mol. The minimum Gasteiger partial charge on any atom is -0.327 e. The summed E-state index contributed by atoms with van der Waals surface area (Å²) in [5.41, 5.74) is 5.76. The molecule has 0 aliphatic heterocycles. The third kappa shape index (κ3) is 0.744. The van der Waals surface area contributed by atoms with Gasteiger partial charge in [-0.05, 0) is 25.2 Å². The molecule has 0 heterocycles. The van der Waals surface area contributed by atoms with Crippen molar-refractivity contribution in [1.29, 1.82) is 5.26 Å². The Labute approximate surface area is 66.8 Å². The van der Waals surface area contributed by atoms with Gasteiger partial charge in [0.1, 0.15) is 0 Å². The summed E-state index contributed by atoms with van der Waals surface area (Å²) in [6.07, 6.45) is 3.10. The van der Waals surface area contributed by atoms with Crippen molar-refractivity contribution in [3.8, 4) is 6.07 Å². The lowest BCUT2D eigenvalue weighted by Crippen LogP contribution is -2.28. The van der Waals surface area contributed by atoms with E-state index in [1.54, 1.807) is 0 Å². The van der Waals surface area contributed by atoms with Crippen LogP contribution >= 0.6 is 12.4 Å². The van der Waals surface area contributed by atoms with Crippen LogP contribution in [0.15, 0.2) is 0 Å². The lowest BCUT2D eigenvalue weighted by atomic mass is 9.71. The lowest BCUT2D eigenvalue weighted by molar-refractivity contribution is 0.215. The molecule has 0 radical (unpaired) electrons. The second-order valence-electron chi connectivity index (χ2n) is 3.43. The molecule has 3 aliphatic carbocycles. The van der Waals surface area contributed by atoms with Crippen molar-refractivity contribution in [2.75, 3.05) is 0 Å². The fourth-order valence-electron chi connectivity index (χ4n) is 2.17. The molecule has 10 heavy (non-hydrogen) atoms. The fourth-order valence-corrected chi connectivity index (χ4v) is 2.17. The minimum absolute atomic E-state index is 0. The second-order valence-corrected chi connectivity index (χ2v) is 3.43. The van der Waals surface area contributed by atoms with E-state index in [1.165, 1.54) is 0 Å². The predicted molar refractivity (Wildman–Crippen MR) is 40.6 cm³/mol. The van der Waals surface area contributed by atoms with Crippen LogP contribution in [-0.2, 0) is 0 Å². The maximum absolute atomic E-state index is 8.68. The number of nitrogens with two attached hydrogens (primary N) is 1. The summed E-state index contributed by atoms with van der Waals surface area (Å²) < 4.78 is 0. The Hall–Kier alpha value is -0.260. The van der Waals surface area contributed by atoms with Crippen LogP contribution in [0.3, 0.4) is 0 Å². The molecule has 2 bridgehead atoms. The fraction of sp³-hybridized carbons (Fsp3) is 0.857. The molecule has 0 amide bonds. The maximum Gasteiger partial charge on any atom is 0.0690 e. The summed E-state index contributed by atoms with van der Waals surface area (Å²) in [6.45, 7) is 0. The van der Waals surface area contributed by atoms with Crippen LogP contribution in [0.25, 0.3) is 0 Å². The number of rotatable bonds is 0. The molecule has 1 atom stereocenters. The topological polar surface area (TPSA) is 49.8 Å². The molecule has 0 aromatic carbocycles. The normalized spacial score (nSPS) is 48.8. The summed E-state index contributed by atoms with van der Waals surface area (Å²) in [4.78, 5) is 0. The van der Waals surface area contributed by atoms with E-state index in [4.69, 9.17) is 11.0 Å². The average Bonchev–Trinajstić information content (AvgIpc) is 2.18. The van der Waals surface area contributed by atoms with Gasteiger partial charge in [0.25, 0.3) is 0 Å². The average molecular weight is 159 g/mol. The minimum atomic E-state index is 0. The standard InChI is InChI=1S/C7H10N2.ClH/c8-4-7-1-5(2-7)6(9)3-7;/h5-6H,1-3,9H2;1H. The molecule has 3 aliphatic rings. The summed E-state index contributed by atoms with van der Waals surface area (Å²) in [7, 11) is 0. The van der Waals surface area contributed by atoms with Crippen molar-refractivity contribution >= 4 is 12.4 Å².